The summed E-state index contributed by atoms with van der Waals surface area (Å²) < 4.78 is 5.32. The molecule has 1 aliphatic heterocycles. The molecule has 0 amide bonds. The van der Waals surface area contributed by atoms with Gasteiger partial charge in [-0.3, -0.25) is 10.1 Å². The highest BCUT2D eigenvalue weighted by Crippen LogP contribution is 2.29. The Morgan fingerprint density at radius 3 is 2.90 bits per heavy atom. The number of nitro benzene ring substituents is 1. The van der Waals surface area contributed by atoms with Crippen molar-refractivity contribution in [2.75, 3.05) is 12.3 Å². The van der Waals surface area contributed by atoms with Crippen molar-refractivity contribution < 1.29 is 9.66 Å². The predicted octanol–water partition coefficient (Wildman–Crippen LogP) is 1.71. The van der Waals surface area contributed by atoms with E-state index in [-0.39, 0.29) is 11.5 Å². The van der Waals surface area contributed by atoms with Gasteiger partial charge in [0, 0.05) is 18.1 Å². The molecule has 0 fully saturated rings. The van der Waals surface area contributed by atoms with Crippen LogP contribution in [0.2, 0.25) is 0 Å². The molecule has 20 heavy (non-hydrogen) atoms. The number of nitrogens with zero attached hydrogens (tertiary/aromatic N) is 3. The van der Waals surface area contributed by atoms with E-state index in [9.17, 15) is 10.1 Å². The third-order valence-electron chi connectivity index (χ3n) is 3.20. The fourth-order valence-electron chi connectivity index (χ4n) is 2.20. The van der Waals surface area contributed by atoms with Gasteiger partial charge in [0.25, 0.3) is 5.69 Å². The van der Waals surface area contributed by atoms with Gasteiger partial charge in [0.05, 0.1) is 29.4 Å². The molecule has 2 N–H and O–H groups in total. The molecule has 102 valence electrons. The fraction of sp³-hybridized carbons (Fsp3) is 0.231. The Morgan fingerprint density at radius 2 is 2.10 bits per heavy atom. The molecule has 0 bridgehead atoms. The standard InChI is InChI=1S/C13H12N4O3/c14-12-9-7-20-6-5-10(9)15-13(16-12)8-3-1-2-4-11(8)17(18)19/h1-4H,5-7H2,(H2,14,15,16). The molecular weight excluding hydrogens is 260 g/mol. The first-order valence-corrected chi connectivity index (χ1v) is 6.13. The van der Waals surface area contributed by atoms with Crippen LogP contribution in [-0.2, 0) is 17.8 Å². The van der Waals surface area contributed by atoms with Crippen LogP contribution < -0.4 is 5.73 Å². The molecule has 1 aromatic heterocycles. The van der Waals surface area contributed by atoms with Crippen molar-refractivity contribution in [3.8, 4) is 11.4 Å². The van der Waals surface area contributed by atoms with Crippen LogP contribution in [0, 0.1) is 10.1 Å². The van der Waals surface area contributed by atoms with Crippen molar-refractivity contribution >= 4 is 11.5 Å². The number of hydrogen-bond acceptors (Lipinski definition) is 6. The van der Waals surface area contributed by atoms with Crippen molar-refractivity contribution in [1.82, 2.24) is 9.97 Å². The number of fused-ring (bicyclic) bond motifs is 1. The maximum atomic E-state index is 11.1. The lowest BCUT2D eigenvalue weighted by Crippen LogP contribution is -2.16. The van der Waals surface area contributed by atoms with Crippen LogP contribution in [0.5, 0.6) is 0 Å². The van der Waals surface area contributed by atoms with Gasteiger partial charge in [0.1, 0.15) is 5.82 Å². The van der Waals surface area contributed by atoms with E-state index in [1.165, 1.54) is 6.07 Å². The van der Waals surface area contributed by atoms with E-state index in [1.807, 2.05) is 0 Å². The van der Waals surface area contributed by atoms with Crippen molar-refractivity contribution in [2.24, 2.45) is 0 Å². The minimum Gasteiger partial charge on any atom is -0.383 e. The first kappa shape index (κ1) is 12.5. The first-order valence-electron chi connectivity index (χ1n) is 6.13. The molecular formula is C13H12N4O3. The summed E-state index contributed by atoms with van der Waals surface area (Å²) in [6, 6.07) is 6.37. The average Bonchev–Trinajstić information content (AvgIpc) is 2.47. The highest BCUT2D eigenvalue weighted by molar-refractivity contribution is 5.69. The Morgan fingerprint density at radius 1 is 1.30 bits per heavy atom. The van der Waals surface area contributed by atoms with Crippen LogP contribution in [0.3, 0.4) is 0 Å². The smallest absolute Gasteiger partial charge is 0.280 e. The van der Waals surface area contributed by atoms with Gasteiger partial charge >= 0.3 is 0 Å². The minimum atomic E-state index is -0.447. The zero-order valence-corrected chi connectivity index (χ0v) is 10.6. The van der Waals surface area contributed by atoms with E-state index in [2.05, 4.69) is 9.97 Å². The summed E-state index contributed by atoms with van der Waals surface area (Å²) in [6.45, 7) is 0.956. The number of ether oxygens (including phenoxy) is 1. The molecule has 2 heterocycles. The number of nitrogen functional groups attached to an aromatic ring is 1. The Balaban J connectivity index is 2.16. The van der Waals surface area contributed by atoms with Crippen molar-refractivity contribution in [2.45, 2.75) is 13.0 Å². The van der Waals surface area contributed by atoms with E-state index < -0.39 is 4.92 Å². The lowest BCUT2D eigenvalue weighted by molar-refractivity contribution is -0.384. The van der Waals surface area contributed by atoms with E-state index in [1.54, 1.807) is 18.2 Å². The van der Waals surface area contributed by atoms with Crippen LogP contribution in [0.25, 0.3) is 11.4 Å². The maximum Gasteiger partial charge on any atom is 0.280 e. The zero-order valence-electron chi connectivity index (χ0n) is 10.6. The van der Waals surface area contributed by atoms with Gasteiger partial charge in [-0.05, 0) is 6.07 Å². The zero-order chi connectivity index (χ0) is 14.1. The molecule has 0 saturated carbocycles. The minimum absolute atomic E-state index is 0.0288. The fourth-order valence-corrected chi connectivity index (χ4v) is 2.20. The highest BCUT2D eigenvalue weighted by Gasteiger charge is 2.21. The Bertz CT molecular complexity index is 687. The second-order valence-corrected chi connectivity index (χ2v) is 4.43. The molecule has 2 aromatic rings. The summed E-state index contributed by atoms with van der Waals surface area (Å²) in [6.07, 6.45) is 0.635. The molecule has 7 heteroatoms. The van der Waals surface area contributed by atoms with Crippen LogP contribution in [-0.4, -0.2) is 21.5 Å². The molecule has 1 aromatic carbocycles. The van der Waals surface area contributed by atoms with Gasteiger partial charge in [-0.15, -0.1) is 0 Å². The number of nitro groups is 1. The van der Waals surface area contributed by atoms with E-state index in [0.717, 1.165) is 11.3 Å². The second-order valence-electron chi connectivity index (χ2n) is 4.43. The highest BCUT2D eigenvalue weighted by atomic mass is 16.6. The van der Waals surface area contributed by atoms with Crippen LogP contribution in [0.1, 0.15) is 11.3 Å². The van der Waals surface area contributed by atoms with Crippen molar-refractivity contribution in [3.63, 3.8) is 0 Å². The number of nitrogens with two attached hydrogens (primary N) is 1. The van der Waals surface area contributed by atoms with Gasteiger partial charge < -0.3 is 10.5 Å². The number of para-hydroxylation sites is 1. The maximum absolute atomic E-state index is 11.1. The quantitative estimate of drug-likeness (QED) is 0.659. The summed E-state index contributed by atoms with van der Waals surface area (Å²) in [5.41, 5.74) is 7.83. The number of anilines is 1. The largest absolute Gasteiger partial charge is 0.383 e. The molecule has 0 spiro atoms. The summed E-state index contributed by atoms with van der Waals surface area (Å²) in [4.78, 5) is 19.2. The van der Waals surface area contributed by atoms with Crippen molar-refractivity contribution in [3.05, 3.63) is 45.6 Å². The number of hydrogen-bond donors (Lipinski definition) is 1. The van der Waals surface area contributed by atoms with Gasteiger partial charge in [-0.2, -0.15) is 0 Å². The third-order valence-corrected chi connectivity index (χ3v) is 3.20. The normalized spacial score (nSPS) is 13.8. The number of benzene rings is 1. The lowest BCUT2D eigenvalue weighted by atomic mass is 10.1. The third kappa shape index (κ3) is 2.08. The van der Waals surface area contributed by atoms with Crippen LogP contribution in [0.4, 0.5) is 11.5 Å². The Kier molecular flexibility index (Phi) is 3.03. The first-order chi connectivity index (χ1) is 9.66. The second kappa shape index (κ2) is 4.86. The Hall–Kier alpha value is -2.54. The Labute approximate surface area is 114 Å². The summed E-state index contributed by atoms with van der Waals surface area (Å²) >= 11 is 0. The van der Waals surface area contributed by atoms with E-state index in [4.69, 9.17) is 10.5 Å². The van der Waals surface area contributed by atoms with Crippen LogP contribution >= 0.6 is 0 Å². The van der Waals surface area contributed by atoms with E-state index >= 15 is 0 Å². The summed E-state index contributed by atoms with van der Waals surface area (Å²) in [5, 5.41) is 11.1. The molecule has 3 rings (SSSR count). The summed E-state index contributed by atoms with van der Waals surface area (Å²) in [7, 11) is 0. The predicted molar refractivity (Wildman–Crippen MR) is 71.9 cm³/mol. The molecule has 1 aliphatic rings. The molecule has 0 saturated heterocycles. The molecule has 7 nitrogen and oxygen atoms in total. The SMILES string of the molecule is Nc1nc(-c2ccccc2[N+](=O)[O-])nc2c1COCC2. The molecule has 0 aliphatic carbocycles. The van der Waals surface area contributed by atoms with Gasteiger partial charge in [-0.1, -0.05) is 12.1 Å². The average molecular weight is 272 g/mol. The van der Waals surface area contributed by atoms with E-state index in [0.29, 0.717) is 31.0 Å². The monoisotopic (exact) mass is 272 g/mol. The summed E-state index contributed by atoms with van der Waals surface area (Å²) in [5.74, 6) is 0.610. The molecule has 0 atom stereocenters. The van der Waals surface area contributed by atoms with Gasteiger partial charge in [0.2, 0.25) is 0 Å². The topological polar surface area (TPSA) is 104 Å². The molecule has 0 radical (unpaired) electrons. The lowest BCUT2D eigenvalue weighted by Gasteiger charge is -2.17. The van der Waals surface area contributed by atoms with Gasteiger partial charge in [-0.25, -0.2) is 9.97 Å². The van der Waals surface area contributed by atoms with Gasteiger partial charge in [0.15, 0.2) is 5.82 Å². The number of aromatic nitrogens is 2. The van der Waals surface area contributed by atoms with Crippen LogP contribution in [0.15, 0.2) is 24.3 Å². The molecule has 0 unspecified atom stereocenters. The van der Waals surface area contributed by atoms with Crippen molar-refractivity contribution in [1.29, 1.82) is 0 Å². The number of rotatable bonds is 2.